The van der Waals surface area contributed by atoms with Crippen molar-refractivity contribution in [3.8, 4) is 0 Å². The third kappa shape index (κ3) is 2.56. The average molecular weight is 179 g/mol. The van der Waals surface area contributed by atoms with Gasteiger partial charge < -0.3 is 9.64 Å². The van der Waals surface area contributed by atoms with Crippen LogP contribution in [0.4, 0.5) is 5.69 Å². The molecule has 3 heteroatoms. The minimum Gasteiger partial charge on any atom is -0.375 e. The molecule has 1 amide bonds. The van der Waals surface area contributed by atoms with Crippen LogP contribution in [0.5, 0.6) is 0 Å². The number of likely N-dealkylation sites (N-methyl/N-ethyl adjacent to an activating group) is 1. The van der Waals surface area contributed by atoms with Gasteiger partial charge in [0.1, 0.15) is 6.61 Å². The quantitative estimate of drug-likeness (QED) is 0.699. The monoisotopic (exact) mass is 179 g/mol. The summed E-state index contributed by atoms with van der Waals surface area (Å²) >= 11 is 0. The second kappa shape index (κ2) is 4.62. The molecule has 0 fully saturated rings. The van der Waals surface area contributed by atoms with Gasteiger partial charge in [0.25, 0.3) is 5.91 Å². The highest BCUT2D eigenvalue weighted by Crippen LogP contribution is 2.10. The van der Waals surface area contributed by atoms with Crippen molar-refractivity contribution in [2.24, 2.45) is 0 Å². The number of hydrogen-bond acceptors (Lipinski definition) is 2. The Labute approximate surface area is 77.9 Å². The van der Waals surface area contributed by atoms with Crippen LogP contribution in [-0.4, -0.2) is 26.7 Å². The van der Waals surface area contributed by atoms with Gasteiger partial charge in [-0.2, -0.15) is 0 Å². The van der Waals surface area contributed by atoms with Gasteiger partial charge in [-0.1, -0.05) is 18.2 Å². The molecule has 0 aromatic heterocycles. The van der Waals surface area contributed by atoms with Gasteiger partial charge in [-0.25, -0.2) is 0 Å². The lowest BCUT2D eigenvalue weighted by Crippen LogP contribution is -2.29. The maximum atomic E-state index is 11.3. The van der Waals surface area contributed by atoms with Crippen LogP contribution in [0.1, 0.15) is 0 Å². The minimum atomic E-state index is -0.0475. The molecule has 0 radical (unpaired) electrons. The van der Waals surface area contributed by atoms with E-state index in [1.54, 1.807) is 11.9 Å². The van der Waals surface area contributed by atoms with Crippen LogP contribution in [0.2, 0.25) is 0 Å². The second-order valence-corrected chi connectivity index (χ2v) is 2.72. The zero-order chi connectivity index (χ0) is 9.68. The lowest BCUT2D eigenvalue weighted by molar-refractivity contribution is -0.121. The van der Waals surface area contributed by atoms with Crippen molar-refractivity contribution in [1.29, 1.82) is 0 Å². The number of amides is 1. The summed E-state index contributed by atoms with van der Waals surface area (Å²) in [5.41, 5.74) is 0.879. The number of benzene rings is 1. The van der Waals surface area contributed by atoms with E-state index in [1.807, 2.05) is 30.3 Å². The summed E-state index contributed by atoms with van der Waals surface area (Å²) in [4.78, 5) is 12.9. The fourth-order valence-corrected chi connectivity index (χ4v) is 1.02. The Morgan fingerprint density at radius 2 is 2.00 bits per heavy atom. The molecule has 3 nitrogen and oxygen atoms in total. The largest absolute Gasteiger partial charge is 0.375 e. The van der Waals surface area contributed by atoms with E-state index in [0.29, 0.717) is 0 Å². The molecule has 1 aromatic carbocycles. The van der Waals surface area contributed by atoms with Gasteiger partial charge in [-0.15, -0.1) is 0 Å². The second-order valence-electron chi connectivity index (χ2n) is 2.72. The first-order valence-corrected chi connectivity index (χ1v) is 4.06. The molecule has 0 unspecified atom stereocenters. The molecule has 13 heavy (non-hydrogen) atoms. The Morgan fingerprint density at radius 1 is 1.38 bits per heavy atom. The molecule has 0 saturated heterocycles. The molecule has 0 bridgehead atoms. The van der Waals surface area contributed by atoms with Crippen molar-refractivity contribution in [3.63, 3.8) is 0 Å². The van der Waals surface area contributed by atoms with Crippen molar-refractivity contribution in [1.82, 2.24) is 0 Å². The number of rotatable bonds is 3. The molecule has 70 valence electrons. The number of hydrogen-bond donors (Lipinski definition) is 0. The highest BCUT2D eigenvalue weighted by Gasteiger charge is 2.08. The van der Waals surface area contributed by atoms with Gasteiger partial charge in [-0.3, -0.25) is 4.79 Å². The van der Waals surface area contributed by atoms with E-state index >= 15 is 0 Å². The maximum Gasteiger partial charge on any atom is 0.252 e. The van der Waals surface area contributed by atoms with Gasteiger partial charge in [0.05, 0.1) is 0 Å². The maximum absolute atomic E-state index is 11.3. The summed E-state index contributed by atoms with van der Waals surface area (Å²) in [7, 11) is 3.24. The van der Waals surface area contributed by atoms with Crippen molar-refractivity contribution in [2.45, 2.75) is 0 Å². The molecule has 0 heterocycles. The number of para-hydroxylation sites is 1. The summed E-state index contributed by atoms with van der Waals surface area (Å²) in [5, 5.41) is 0. The van der Waals surface area contributed by atoms with Crippen LogP contribution in [0.25, 0.3) is 0 Å². The lowest BCUT2D eigenvalue weighted by Gasteiger charge is -2.16. The first kappa shape index (κ1) is 9.74. The molecule has 0 aliphatic heterocycles. The Bertz CT molecular complexity index is 272. The van der Waals surface area contributed by atoms with E-state index in [2.05, 4.69) is 0 Å². The van der Waals surface area contributed by atoms with Crippen LogP contribution in [0.3, 0.4) is 0 Å². The number of carbonyl (C=O) groups excluding carboxylic acids is 1. The third-order valence-electron chi connectivity index (χ3n) is 1.79. The number of methoxy groups -OCH3 is 1. The summed E-state index contributed by atoms with van der Waals surface area (Å²) in [5.74, 6) is -0.0475. The molecular formula is C10H13NO2. The van der Waals surface area contributed by atoms with Gasteiger partial charge in [0, 0.05) is 19.8 Å². The number of nitrogens with zero attached hydrogens (tertiary/aromatic N) is 1. The molecule has 1 aromatic rings. The van der Waals surface area contributed by atoms with E-state index < -0.39 is 0 Å². The van der Waals surface area contributed by atoms with Crippen LogP contribution in [0.15, 0.2) is 30.3 Å². The number of anilines is 1. The molecular weight excluding hydrogens is 166 g/mol. The van der Waals surface area contributed by atoms with Gasteiger partial charge in [0.2, 0.25) is 0 Å². The molecule has 0 aliphatic rings. The van der Waals surface area contributed by atoms with E-state index in [-0.39, 0.29) is 12.5 Å². The zero-order valence-corrected chi connectivity index (χ0v) is 7.86. The Balaban J connectivity index is 2.68. The van der Waals surface area contributed by atoms with Crippen molar-refractivity contribution >= 4 is 11.6 Å². The normalized spacial score (nSPS) is 9.69. The first-order valence-electron chi connectivity index (χ1n) is 4.06. The Kier molecular flexibility index (Phi) is 3.46. The molecule has 0 atom stereocenters. The fourth-order valence-electron chi connectivity index (χ4n) is 1.02. The molecule has 0 spiro atoms. The third-order valence-corrected chi connectivity index (χ3v) is 1.79. The summed E-state index contributed by atoms with van der Waals surface area (Å²) in [6.45, 7) is 0.116. The van der Waals surface area contributed by atoms with Crippen LogP contribution in [0, 0.1) is 0 Å². The Hall–Kier alpha value is -1.35. The van der Waals surface area contributed by atoms with Crippen LogP contribution in [-0.2, 0) is 9.53 Å². The predicted molar refractivity (Wildman–Crippen MR) is 51.7 cm³/mol. The van der Waals surface area contributed by atoms with Crippen LogP contribution >= 0.6 is 0 Å². The van der Waals surface area contributed by atoms with E-state index in [9.17, 15) is 4.79 Å². The average Bonchev–Trinajstić information content (AvgIpc) is 2.18. The van der Waals surface area contributed by atoms with E-state index in [0.717, 1.165) is 5.69 Å². The highest BCUT2D eigenvalue weighted by molar-refractivity contribution is 5.93. The first-order chi connectivity index (χ1) is 6.25. The lowest BCUT2D eigenvalue weighted by atomic mass is 10.3. The van der Waals surface area contributed by atoms with E-state index in [4.69, 9.17) is 4.74 Å². The summed E-state index contributed by atoms with van der Waals surface area (Å²) in [6.07, 6.45) is 0. The smallest absolute Gasteiger partial charge is 0.252 e. The van der Waals surface area contributed by atoms with Gasteiger partial charge in [0.15, 0.2) is 0 Å². The molecule has 0 saturated carbocycles. The van der Waals surface area contributed by atoms with Gasteiger partial charge >= 0.3 is 0 Å². The fraction of sp³-hybridized carbons (Fsp3) is 0.300. The number of carbonyl (C=O) groups is 1. The summed E-state index contributed by atoms with van der Waals surface area (Å²) in [6, 6.07) is 9.47. The van der Waals surface area contributed by atoms with Crippen molar-refractivity contribution < 1.29 is 9.53 Å². The SMILES string of the molecule is COCC(=O)N(C)c1ccccc1. The van der Waals surface area contributed by atoms with Crippen LogP contribution < -0.4 is 4.90 Å². The molecule has 0 N–H and O–H groups in total. The zero-order valence-electron chi connectivity index (χ0n) is 7.86. The predicted octanol–water partition coefficient (Wildman–Crippen LogP) is 1.30. The summed E-state index contributed by atoms with van der Waals surface area (Å²) < 4.78 is 4.76. The topological polar surface area (TPSA) is 29.5 Å². The Morgan fingerprint density at radius 3 is 2.54 bits per heavy atom. The van der Waals surface area contributed by atoms with Crippen molar-refractivity contribution in [3.05, 3.63) is 30.3 Å². The van der Waals surface area contributed by atoms with E-state index in [1.165, 1.54) is 7.11 Å². The minimum absolute atomic E-state index is 0.0475. The number of ether oxygens (including phenoxy) is 1. The highest BCUT2D eigenvalue weighted by atomic mass is 16.5. The van der Waals surface area contributed by atoms with Crippen molar-refractivity contribution in [2.75, 3.05) is 25.7 Å². The standard InChI is InChI=1S/C10H13NO2/c1-11(10(12)8-13-2)9-6-4-3-5-7-9/h3-7H,8H2,1-2H3. The molecule has 0 aliphatic carbocycles. The van der Waals surface area contributed by atoms with Gasteiger partial charge in [-0.05, 0) is 12.1 Å². The molecule has 1 rings (SSSR count).